The van der Waals surface area contributed by atoms with Gasteiger partial charge in [0.2, 0.25) is 0 Å². The number of nitro groups is 1. The lowest BCUT2D eigenvalue weighted by atomic mass is 9.95. The van der Waals surface area contributed by atoms with Gasteiger partial charge in [-0.05, 0) is 35.9 Å². The zero-order chi connectivity index (χ0) is 24.4. The first-order chi connectivity index (χ1) is 16.3. The van der Waals surface area contributed by atoms with Crippen molar-refractivity contribution in [2.75, 3.05) is 14.2 Å². The number of carbonyl (C=O) groups is 2. The third-order valence-corrected chi connectivity index (χ3v) is 5.50. The fourth-order valence-electron chi connectivity index (χ4n) is 3.91. The molecule has 1 N–H and O–H groups in total. The fraction of sp³-hybridized carbons (Fsp3) is 0.167. The van der Waals surface area contributed by atoms with Gasteiger partial charge in [0, 0.05) is 17.7 Å². The Morgan fingerprint density at radius 3 is 2.50 bits per heavy atom. The van der Waals surface area contributed by atoms with E-state index in [-0.39, 0.29) is 23.4 Å². The van der Waals surface area contributed by atoms with Gasteiger partial charge in [0.05, 0.1) is 43.6 Å². The van der Waals surface area contributed by atoms with Crippen molar-refractivity contribution in [2.45, 2.75) is 12.6 Å². The number of likely N-dealkylation sites (tertiary alicyclic amines) is 1. The van der Waals surface area contributed by atoms with Crippen LogP contribution in [0, 0.1) is 10.1 Å². The molecule has 1 saturated heterocycles. The summed E-state index contributed by atoms with van der Waals surface area (Å²) < 4.78 is 15.8. The monoisotopic (exact) mass is 464 g/mol. The SMILES string of the molecule is COc1ccc(C(O)=C2C(=O)C(=O)N(Cc3ccco3)C2c2cccc([N+](=O)[O-])c2)cc1OC. The summed E-state index contributed by atoms with van der Waals surface area (Å²) in [5.74, 6) is -1.11. The number of nitrogens with zero attached hydrogens (tertiary/aromatic N) is 2. The van der Waals surface area contributed by atoms with Gasteiger partial charge in [-0.2, -0.15) is 0 Å². The first-order valence-electron chi connectivity index (χ1n) is 10.1. The number of furan rings is 1. The Bertz CT molecular complexity index is 1300. The quantitative estimate of drug-likeness (QED) is 0.183. The highest BCUT2D eigenvalue weighted by atomic mass is 16.6. The molecule has 0 saturated carbocycles. The van der Waals surface area contributed by atoms with Crippen molar-refractivity contribution in [1.29, 1.82) is 0 Å². The van der Waals surface area contributed by atoms with E-state index in [9.17, 15) is 24.8 Å². The van der Waals surface area contributed by atoms with Crippen LogP contribution in [0.25, 0.3) is 5.76 Å². The van der Waals surface area contributed by atoms with Gasteiger partial charge in [-0.3, -0.25) is 19.7 Å². The molecule has 1 aromatic heterocycles. The lowest BCUT2D eigenvalue weighted by molar-refractivity contribution is -0.384. The summed E-state index contributed by atoms with van der Waals surface area (Å²) in [5, 5.41) is 22.5. The number of amides is 1. The standard InChI is InChI=1S/C24H20N2O8/c1-32-18-9-8-15(12-19(18)33-2)22(27)20-21(14-5-3-6-16(11-14)26(30)31)25(24(29)23(20)28)13-17-7-4-10-34-17/h3-12,21,27H,13H2,1-2H3. The third kappa shape index (κ3) is 3.96. The Morgan fingerprint density at radius 1 is 1.09 bits per heavy atom. The average Bonchev–Trinajstić information content (AvgIpc) is 3.45. The number of nitro benzene ring substituents is 1. The van der Waals surface area contributed by atoms with Crippen LogP contribution >= 0.6 is 0 Å². The first-order valence-corrected chi connectivity index (χ1v) is 10.1. The van der Waals surface area contributed by atoms with E-state index in [0.717, 1.165) is 0 Å². The van der Waals surface area contributed by atoms with Crippen molar-refractivity contribution in [1.82, 2.24) is 4.90 Å². The number of non-ortho nitro benzene ring substituents is 1. The van der Waals surface area contributed by atoms with Gasteiger partial charge in [-0.15, -0.1) is 0 Å². The number of benzene rings is 2. The van der Waals surface area contributed by atoms with Gasteiger partial charge in [-0.1, -0.05) is 12.1 Å². The summed E-state index contributed by atoms with van der Waals surface area (Å²) in [4.78, 5) is 38.1. The maximum Gasteiger partial charge on any atom is 0.296 e. The van der Waals surface area contributed by atoms with Crippen LogP contribution in [0.5, 0.6) is 11.5 Å². The predicted molar refractivity (Wildman–Crippen MR) is 119 cm³/mol. The van der Waals surface area contributed by atoms with Gasteiger partial charge in [0.1, 0.15) is 11.5 Å². The minimum Gasteiger partial charge on any atom is -0.507 e. The van der Waals surface area contributed by atoms with Crippen LogP contribution in [0.15, 0.2) is 70.9 Å². The Balaban J connectivity index is 1.90. The number of hydrogen-bond acceptors (Lipinski definition) is 8. The summed E-state index contributed by atoms with van der Waals surface area (Å²) >= 11 is 0. The number of aliphatic hydroxyl groups excluding tert-OH is 1. The Hall–Kier alpha value is -4.60. The van der Waals surface area contributed by atoms with Crippen LogP contribution in [0.4, 0.5) is 5.69 Å². The first kappa shape index (κ1) is 22.6. The highest BCUT2D eigenvalue weighted by molar-refractivity contribution is 6.46. The highest BCUT2D eigenvalue weighted by Crippen LogP contribution is 2.42. The number of carbonyl (C=O) groups excluding carboxylic acids is 2. The second-order valence-corrected chi connectivity index (χ2v) is 7.43. The van der Waals surface area contributed by atoms with Crippen molar-refractivity contribution in [3.63, 3.8) is 0 Å². The Labute approximate surface area is 193 Å². The minimum absolute atomic E-state index is 0.0757. The number of hydrogen-bond donors (Lipinski definition) is 1. The van der Waals surface area contributed by atoms with Crippen molar-refractivity contribution in [3.05, 3.63) is 93.4 Å². The second kappa shape index (κ2) is 9.10. The smallest absolute Gasteiger partial charge is 0.296 e. The molecular formula is C24H20N2O8. The molecular weight excluding hydrogens is 444 g/mol. The average molecular weight is 464 g/mol. The van der Waals surface area contributed by atoms with Gasteiger partial charge >= 0.3 is 0 Å². The normalized spacial score (nSPS) is 17.1. The summed E-state index contributed by atoms with van der Waals surface area (Å²) in [7, 11) is 2.88. The van der Waals surface area contributed by atoms with Crippen LogP contribution in [0.1, 0.15) is 22.9 Å². The van der Waals surface area contributed by atoms with Crippen molar-refractivity contribution < 1.29 is 33.5 Å². The number of rotatable bonds is 7. The van der Waals surface area contributed by atoms with E-state index in [0.29, 0.717) is 22.8 Å². The predicted octanol–water partition coefficient (Wildman–Crippen LogP) is 3.83. The van der Waals surface area contributed by atoms with Gasteiger partial charge in [0.25, 0.3) is 17.4 Å². The van der Waals surface area contributed by atoms with Crippen LogP contribution < -0.4 is 9.47 Å². The molecule has 4 rings (SSSR count). The molecule has 1 aliphatic rings. The molecule has 10 heteroatoms. The van der Waals surface area contributed by atoms with E-state index in [1.807, 2.05) is 0 Å². The topological polar surface area (TPSA) is 132 Å². The number of ether oxygens (including phenoxy) is 2. The van der Waals surface area contributed by atoms with E-state index in [1.54, 1.807) is 24.3 Å². The number of methoxy groups -OCH3 is 2. The molecule has 2 aromatic carbocycles. The van der Waals surface area contributed by atoms with E-state index < -0.39 is 28.4 Å². The van der Waals surface area contributed by atoms with E-state index in [1.165, 1.54) is 55.7 Å². The molecule has 1 fully saturated rings. The molecule has 10 nitrogen and oxygen atoms in total. The lowest BCUT2D eigenvalue weighted by Gasteiger charge is -2.24. The van der Waals surface area contributed by atoms with Crippen LogP contribution in [-0.4, -0.2) is 40.8 Å². The minimum atomic E-state index is -1.09. The molecule has 1 atom stereocenters. The highest BCUT2D eigenvalue weighted by Gasteiger charge is 2.46. The van der Waals surface area contributed by atoms with Crippen LogP contribution in [0.3, 0.4) is 0 Å². The maximum atomic E-state index is 13.1. The molecule has 2 heterocycles. The molecule has 0 aliphatic carbocycles. The Morgan fingerprint density at radius 2 is 1.85 bits per heavy atom. The van der Waals surface area contributed by atoms with Gasteiger partial charge in [-0.25, -0.2) is 0 Å². The van der Waals surface area contributed by atoms with Crippen LogP contribution in [-0.2, 0) is 16.1 Å². The summed E-state index contributed by atoms with van der Waals surface area (Å²) in [6, 6.07) is 12.3. The maximum absolute atomic E-state index is 13.1. The zero-order valence-corrected chi connectivity index (χ0v) is 18.3. The van der Waals surface area contributed by atoms with E-state index in [4.69, 9.17) is 13.9 Å². The fourth-order valence-corrected chi connectivity index (χ4v) is 3.91. The van der Waals surface area contributed by atoms with Gasteiger partial charge in [0.15, 0.2) is 11.5 Å². The van der Waals surface area contributed by atoms with Crippen molar-refractivity contribution in [3.8, 4) is 11.5 Å². The molecule has 3 aromatic rings. The molecule has 174 valence electrons. The molecule has 1 unspecified atom stereocenters. The lowest BCUT2D eigenvalue weighted by Crippen LogP contribution is -2.29. The van der Waals surface area contributed by atoms with E-state index in [2.05, 4.69) is 0 Å². The van der Waals surface area contributed by atoms with Gasteiger partial charge < -0.3 is 23.9 Å². The molecule has 34 heavy (non-hydrogen) atoms. The molecule has 0 spiro atoms. The summed E-state index contributed by atoms with van der Waals surface area (Å²) in [6.45, 7) is -0.0757. The van der Waals surface area contributed by atoms with E-state index >= 15 is 0 Å². The summed E-state index contributed by atoms with van der Waals surface area (Å²) in [6.07, 6.45) is 1.43. The molecule has 0 radical (unpaired) electrons. The number of ketones is 1. The number of Topliss-reactive ketones (excluding diaryl/α,β-unsaturated/α-hetero) is 1. The largest absolute Gasteiger partial charge is 0.507 e. The van der Waals surface area contributed by atoms with Crippen molar-refractivity contribution >= 4 is 23.1 Å². The number of aliphatic hydroxyl groups is 1. The Kier molecular flexibility index (Phi) is 6.05. The van der Waals surface area contributed by atoms with Crippen LogP contribution in [0.2, 0.25) is 0 Å². The second-order valence-electron chi connectivity index (χ2n) is 7.43. The molecule has 0 bridgehead atoms. The zero-order valence-electron chi connectivity index (χ0n) is 18.3. The third-order valence-electron chi connectivity index (χ3n) is 5.50. The molecule has 1 amide bonds. The molecule has 1 aliphatic heterocycles. The van der Waals surface area contributed by atoms with Crippen molar-refractivity contribution in [2.24, 2.45) is 0 Å². The summed E-state index contributed by atoms with van der Waals surface area (Å²) in [5.41, 5.74) is 0.0857.